The lowest BCUT2D eigenvalue weighted by Gasteiger charge is -2.07. The van der Waals surface area contributed by atoms with Gasteiger partial charge in [0.1, 0.15) is 12.4 Å². The summed E-state index contributed by atoms with van der Waals surface area (Å²) in [4.78, 5) is 0. The minimum absolute atomic E-state index is 0.408. The summed E-state index contributed by atoms with van der Waals surface area (Å²) in [6.07, 6.45) is 2.34. The van der Waals surface area contributed by atoms with Gasteiger partial charge in [0.15, 0.2) is 10.6 Å². The van der Waals surface area contributed by atoms with E-state index in [-0.39, 0.29) is 0 Å². The van der Waals surface area contributed by atoms with Gasteiger partial charge in [-0.25, -0.2) is 0 Å². The molecule has 0 radical (unpaired) electrons. The molecule has 0 aliphatic heterocycles. The van der Waals surface area contributed by atoms with Crippen molar-refractivity contribution in [3.8, 4) is 5.75 Å². The lowest BCUT2D eigenvalue weighted by atomic mass is 10.3. The Labute approximate surface area is 115 Å². The second-order valence-corrected chi connectivity index (χ2v) is 5.11. The van der Waals surface area contributed by atoms with E-state index >= 15 is 0 Å². The van der Waals surface area contributed by atoms with Crippen molar-refractivity contribution in [3.05, 3.63) is 39.9 Å². The van der Waals surface area contributed by atoms with Gasteiger partial charge in [-0.1, -0.05) is 11.6 Å². The van der Waals surface area contributed by atoms with Crippen molar-refractivity contribution in [3.63, 3.8) is 0 Å². The van der Waals surface area contributed by atoms with Gasteiger partial charge in [-0.15, -0.1) is 0 Å². The molecule has 0 unspecified atom stereocenters. The molecule has 0 saturated heterocycles. The predicted octanol–water partition coefficient (Wildman–Crippen LogP) is 3.51. The third kappa shape index (κ3) is 2.42. The maximum atomic E-state index is 5.82. The van der Waals surface area contributed by atoms with Gasteiger partial charge in [0.05, 0.1) is 0 Å². The van der Waals surface area contributed by atoms with Crippen molar-refractivity contribution in [2.75, 3.05) is 0 Å². The van der Waals surface area contributed by atoms with E-state index in [2.05, 4.69) is 10.2 Å². The van der Waals surface area contributed by atoms with Crippen LogP contribution in [0.1, 0.15) is 24.7 Å². The number of hydrogen-bond acceptors (Lipinski definition) is 3. The van der Waals surface area contributed by atoms with Gasteiger partial charge in [0.2, 0.25) is 0 Å². The molecule has 0 spiro atoms. The summed E-state index contributed by atoms with van der Waals surface area (Å²) in [6, 6.07) is 7.78. The standard InChI is InChI=1S/C12H12ClN3OS/c13-8-1-5-10(6-2-8)17-7-11-14-15-12(18)16(11)9-3-4-9/h1-2,5-6,9H,3-4,7H2,(H,15,18). The fourth-order valence-corrected chi connectivity index (χ4v) is 2.25. The fourth-order valence-electron chi connectivity index (χ4n) is 1.83. The Hall–Kier alpha value is -1.33. The van der Waals surface area contributed by atoms with E-state index in [0.717, 1.165) is 11.6 Å². The first-order chi connectivity index (χ1) is 8.74. The Morgan fingerprint density at radius 1 is 1.39 bits per heavy atom. The number of halogens is 1. The molecule has 1 heterocycles. The molecule has 1 aliphatic rings. The molecule has 3 rings (SSSR count). The second-order valence-electron chi connectivity index (χ2n) is 4.29. The van der Waals surface area contributed by atoms with Crippen LogP contribution < -0.4 is 4.74 Å². The molecule has 0 amide bonds. The predicted molar refractivity (Wildman–Crippen MR) is 71.5 cm³/mol. The van der Waals surface area contributed by atoms with Crippen LogP contribution in [-0.2, 0) is 6.61 Å². The van der Waals surface area contributed by atoms with Gasteiger partial charge < -0.3 is 4.74 Å². The molecule has 0 bridgehead atoms. The number of H-pyrrole nitrogens is 1. The molecule has 1 fully saturated rings. The zero-order valence-electron chi connectivity index (χ0n) is 9.60. The molecule has 0 atom stereocenters. The minimum atomic E-state index is 0.408. The van der Waals surface area contributed by atoms with E-state index in [1.54, 1.807) is 12.1 Å². The average molecular weight is 282 g/mol. The van der Waals surface area contributed by atoms with Crippen LogP contribution in [0.25, 0.3) is 0 Å². The molecule has 4 nitrogen and oxygen atoms in total. The largest absolute Gasteiger partial charge is 0.486 e. The Morgan fingerprint density at radius 3 is 2.78 bits per heavy atom. The quantitative estimate of drug-likeness (QED) is 0.872. The summed E-state index contributed by atoms with van der Waals surface area (Å²) in [7, 11) is 0. The van der Waals surface area contributed by atoms with Crippen molar-refractivity contribution in [1.82, 2.24) is 14.8 Å². The van der Waals surface area contributed by atoms with Crippen molar-refractivity contribution in [1.29, 1.82) is 0 Å². The van der Waals surface area contributed by atoms with Crippen LogP contribution in [0, 0.1) is 4.77 Å². The third-order valence-electron chi connectivity index (χ3n) is 2.87. The molecular weight excluding hydrogens is 270 g/mol. The first-order valence-corrected chi connectivity index (χ1v) is 6.57. The molecule has 2 aromatic rings. The smallest absolute Gasteiger partial charge is 0.195 e. The number of rotatable bonds is 4. The van der Waals surface area contributed by atoms with Gasteiger partial charge in [-0.2, -0.15) is 5.10 Å². The van der Waals surface area contributed by atoms with E-state index in [1.165, 1.54) is 12.8 Å². The second kappa shape index (κ2) is 4.74. The molecule has 94 valence electrons. The Bertz CT molecular complexity index is 601. The highest BCUT2D eigenvalue weighted by Crippen LogP contribution is 2.35. The van der Waals surface area contributed by atoms with Gasteiger partial charge in [-0.05, 0) is 49.3 Å². The molecular formula is C12H12ClN3OS. The van der Waals surface area contributed by atoms with Crippen molar-refractivity contribution < 1.29 is 4.74 Å². The number of nitrogens with zero attached hydrogens (tertiary/aromatic N) is 2. The number of aromatic amines is 1. The fraction of sp³-hybridized carbons (Fsp3) is 0.333. The molecule has 1 aromatic heterocycles. The maximum Gasteiger partial charge on any atom is 0.195 e. The molecule has 1 saturated carbocycles. The molecule has 1 aromatic carbocycles. The van der Waals surface area contributed by atoms with Gasteiger partial charge in [0, 0.05) is 11.1 Å². The highest BCUT2D eigenvalue weighted by molar-refractivity contribution is 7.71. The van der Waals surface area contributed by atoms with Crippen LogP contribution in [0.5, 0.6) is 5.75 Å². The Balaban J connectivity index is 1.73. The topological polar surface area (TPSA) is 42.8 Å². The summed E-state index contributed by atoms with van der Waals surface area (Å²) in [5.41, 5.74) is 0. The van der Waals surface area contributed by atoms with E-state index in [0.29, 0.717) is 22.4 Å². The summed E-state index contributed by atoms with van der Waals surface area (Å²) >= 11 is 11.0. The van der Waals surface area contributed by atoms with Crippen molar-refractivity contribution in [2.45, 2.75) is 25.5 Å². The highest BCUT2D eigenvalue weighted by atomic mass is 35.5. The van der Waals surface area contributed by atoms with Crippen LogP contribution >= 0.6 is 23.8 Å². The average Bonchev–Trinajstić information content (AvgIpc) is 3.13. The molecule has 1 N–H and O–H groups in total. The minimum Gasteiger partial charge on any atom is -0.486 e. The monoisotopic (exact) mass is 281 g/mol. The first-order valence-electron chi connectivity index (χ1n) is 5.78. The van der Waals surface area contributed by atoms with Crippen LogP contribution in [0.4, 0.5) is 0 Å². The molecule has 18 heavy (non-hydrogen) atoms. The number of nitrogens with one attached hydrogen (secondary N) is 1. The normalized spacial score (nSPS) is 14.7. The maximum absolute atomic E-state index is 5.82. The van der Waals surface area contributed by atoms with Crippen LogP contribution in [0.15, 0.2) is 24.3 Å². The van der Waals surface area contributed by atoms with Crippen LogP contribution in [0.2, 0.25) is 5.02 Å². The molecule has 6 heteroatoms. The first kappa shape index (κ1) is 11.7. The van der Waals surface area contributed by atoms with E-state index < -0.39 is 0 Å². The SMILES string of the molecule is S=c1[nH]nc(COc2ccc(Cl)cc2)n1C1CC1. The van der Waals surface area contributed by atoms with Crippen molar-refractivity contribution >= 4 is 23.8 Å². The Kier molecular flexibility index (Phi) is 3.09. The summed E-state index contributed by atoms with van der Waals surface area (Å²) in [5, 5.41) is 7.72. The van der Waals surface area contributed by atoms with Gasteiger partial charge in [-0.3, -0.25) is 9.67 Å². The van der Waals surface area contributed by atoms with Crippen LogP contribution in [-0.4, -0.2) is 14.8 Å². The lowest BCUT2D eigenvalue weighted by Crippen LogP contribution is -2.06. The Morgan fingerprint density at radius 2 is 2.11 bits per heavy atom. The number of aromatic nitrogens is 3. The van der Waals surface area contributed by atoms with Crippen LogP contribution in [0.3, 0.4) is 0 Å². The van der Waals surface area contributed by atoms with E-state index in [9.17, 15) is 0 Å². The zero-order valence-corrected chi connectivity index (χ0v) is 11.2. The summed E-state index contributed by atoms with van der Waals surface area (Å²) in [5.74, 6) is 1.62. The summed E-state index contributed by atoms with van der Waals surface area (Å²) < 4.78 is 8.39. The zero-order chi connectivity index (χ0) is 12.5. The summed E-state index contributed by atoms with van der Waals surface area (Å²) in [6.45, 7) is 0.408. The van der Waals surface area contributed by atoms with Gasteiger partial charge in [0.25, 0.3) is 0 Å². The van der Waals surface area contributed by atoms with Gasteiger partial charge >= 0.3 is 0 Å². The lowest BCUT2D eigenvalue weighted by molar-refractivity contribution is 0.288. The number of ether oxygens (including phenoxy) is 1. The van der Waals surface area contributed by atoms with Crippen molar-refractivity contribution in [2.24, 2.45) is 0 Å². The molecule has 1 aliphatic carbocycles. The van der Waals surface area contributed by atoms with E-state index in [1.807, 2.05) is 16.7 Å². The highest BCUT2D eigenvalue weighted by Gasteiger charge is 2.27. The van der Waals surface area contributed by atoms with E-state index in [4.69, 9.17) is 28.6 Å². The number of benzene rings is 1. The number of hydrogen-bond donors (Lipinski definition) is 1. The third-order valence-corrected chi connectivity index (χ3v) is 3.41.